The van der Waals surface area contributed by atoms with Crippen LogP contribution in [0.25, 0.3) is 0 Å². The molecule has 0 saturated heterocycles. The van der Waals surface area contributed by atoms with Gasteiger partial charge in [-0.25, -0.2) is 0 Å². The number of hydrogen-bond donors (Lipinski definition) is 1. The number of Topliss-reactive ketones (excluding diaryl/α,β-unsaturated/α-hetero) is 1. The smallest absolute Gasteiger partial charge is 0.228 e. The van der Waals surface area contributed by atoms with Gasteiger partial charge < -0.3 is 0 Å². The van der Waals surface area contributed by atoms with Gasteiger partial charge in [0, 0.05) is 24.1 Å². The lowest BCUT2D eigenvalue weighted by molar-refractivity contribution is -0.117. The second-order valence-electron chi connectivity index (χ2n) is 3.06. The largest absolute Gasteiger partial charge is 0.295 e. The minimum atomic E-state index is -0.192. The van der Waals surface area contributed by atoms with Gasteiger partial charge in [-0.15, -0.1) is 0 Å². The highest BCUT2D eigenvalue weighted by Gasteiger charge is 1.96. The first kappa shape index (κ1) is 11.0. The Balaban J connectivity index is 2.75. The lowest BCUT2D eigenvalue weighted by Gasteiger charge is -1.94. The molecule has 3 nitrogen and oxygen atoms in total. The number of amides is 1. The van der Waals surface area contributed by atoms with Crippen molar-refractivity contribution < 1.29 is 9.59 Å². The number of nitrogens with one attached hydrogen (secondary N) is 1. The first-order valence-corrected chi connectivity index (χ1v) is 4.48. The molecular weight excluding hydrogens is 190 g/mol. The zero-order valence-electron chi connectivity index (χ0n) is 8.63. The zero-order valence-corrected chi connectivity index (χ0v) is 8.63. The quantitative estimate of drug-likeness (QED) is 0.423. The van der Waals surface area contributed by atoms with Gasteiger partial charge in [-0.3, -0.25) is 14.9 Å². The van der Waals surface area contributed by atoms with E-state index in [4.69, 9.17) is 0 Å². The van der Waals surface area contributed by atoms with Gasteiger partial charge in [0.05, 0.1) is 0 Å². The summed E-state index contributed by atoms with van der Waals surface area (Å²) in [5.74, 6) is 2.58. The summed E-state index contributed by atoms with van der Waals surface area (Å²) >= 11 is 0. The van der Waals surface area contributed by atoms with Crippen LogP contribution in [0.1, 0.15) is 29.8 Å². The minimum absolute atomic E-state index is 0.0244. The van der Waals surface area contributed by atoms with Crippen LogP contribution in [0.4, 0.5) is 0 Å². The monoisotopic (exact) mass is 201 g/mol. The summed E-state index contributed by atoms with van der Waals surface area (Å²) in [4.78, 5) is 21.5. The third-order valence-electron chi connectivity index (χ3n) is 1.74. The van der Waals surface area contributed by atoms with E-state index in [0.717, 1.165) is 5.56 Å². The van der Waals surface area contributed by atoms with E-state index in [9.17, 15) is 9.59 Å². The fourth-order valence-corrected chi connectivity index (χ4v) is 0.980. The number of carbonyl (C=O) groups is 2. The Labute approximate surface area is 88.5 Å². The standard InChI is InChI=1S/C12H11NO2/c1-9(14)12-5-3-11(4-6-12)7-8-13-10(2)15/h3-6H,1-2H3,(H,13,15). The molecule has 1 amide bonds. The van der Waals surface area contributed by atoms with Gasteiger partial charge in [-0.05, 0) is 25.0 Å². The van der Waals surface area contributed by atoms with Gasteiger partial charge in [-0.1, -0.05) is 12.1 Å². The Bertz CT molecular complexity index is 435. The molecule has 3 heteroatoms. The van der Waals surface area contributed by atoms with Gasteiger partial charge >= 0.3 is 0 Å². The van der Waals surface area contributed by atoms with Gasteiger partial charge in [0.1, 0.15) is 0 Å². The van der Waals surface area contributed by atoms with Crippen molar-refractivity contribution in [2.45, 2.75) is 13.8 Å². The third kappa shape index (κ3) is 3.65. The fraction of sp³-hybridized carbons (Fsp3) is 0.167. The predicted octanol–water partition coefficient (Wildman–Crippen LogP) is 1.33. The fourth-order valence-electron chi connectivity index (χ4n) is 0.980. The molecular formula is C12H11NO2. The highest BCUT2D eigenvalue weighted by Crippen LogP contribution is 2.03. The number of benzene rings is 1. The van der Waals surface area contributed by atoms with Crippen LogP contribution in [0.5, 0.6) is 0 Å². The Kier molecular flexibility index (Phi) is 3.64. The molecule has 0 spiro atoms. The summed E-state index contributed by atoms with van der Waals surface area (Å²) < 4.78 is 0. The summed E-state index contributed by atoms with van der Waals surface area (Å²) in [6.45, 7) is 2.91. The van der Waals surface area contributed by atoms with E-state index in [2.05, 4.69) is 17.3 Å². The van der Waals surface area contributed by atoms with Gasteiger partial charge in [0.2, 0.25) is 5.91 Å². The molecule has 0 saturated carbocycles. The summed E-state index contributed by atoms with van der Waals surface area (Å²) in [7, 11) is 0. The lowest BCUT2D eigenvalue weighted by Crippen LogP contribution is -2.12. The Morgan fingerprint density at radius 3 is 2.20 bits per heavy atom. The number of carbonyl (C=O) groups excluding carboxylic acids is 2. The highest BCUT2D eigenvalue weighted by molar-refractivity contribution is 5.94. The summed E-state index contributed by atoms with van der Waals surface area (Å²) in [5.41, 5.74) is 1.41. The van der Waals surface area contributed by atoms with Crippen molar-refractivity contribution in [1.29, 1.82) is 0 Å². The normalized spacial score (nSPS) is 8.67. The van der Waals surface area contributed by atoms with Gasteiger partial charge in [0.15, 0.2) is 5.78 Å². The molecule has 0 aliphatic carbocycles. The summed E-state index contributed by atoms with van der Waals surface area (Å²) in [6.07, 6.45) is 0. The molecule has 0 fully saturated rings. The molecule has 76 valence electrons. The zero-order chi connectivity index (χ0) is 11.3. The Hall–Kier alpha value is -2.08. The summed E-state index contributed by atoms with van der Waals surface area (Å²) in [5, 5.41) is 2.36. The van der Waals surface area contributed by atoms with E-state index < -0.39 is 0 Å². The average Bonchev–Trinajstić information content (AvgIpc) is 2.18. The maximum absolute atomic E-state index is 11.0. The molecule has 1 aromatic rings. The molecule has 0 aliphatic heterocycles. The highest BCUT2D eigenvalue weighted by atomic mass is 16.1. The van der Waals surface area contributed by atoms with Crippen LogP contribution in [0.2, 0.25) is 0 Å². The van der Waals surface area contributed by atoms with Crippen molar-refractivity contribution in [3.63, 3.8) is 0 Å². The van der Waals surface area contributed by atoms with Crippen molar-refractivity contribution in [2.24, 2.45) is 0 Å². The van der Waals surface area contributed by atoms with E-state index in [-0.39, 0.29) is 11.7 Å². The maximum atomic E-state index is 11.0. The van der Waals surface area contributed by atoms with E-state index in [1.807, 2.05) is 0 Å². The Morgan fingerprint density at radius 2 is 1.73 bits per heavy atom. The second kappa shape index (κ2) is 4.97. The van der Waals surface area contributed by atoms with E-state index >= 15 is 0 Å². The SMILES string of the molecule is CC(=O)NC#Cc1ccc(C(C)=O)cc1. The summed E-state index contributed by atoms with van der Waals surface area (Å²) in [6, 6.07) is 9.42. The molecule has 0 unspecified atom stereocenters. The van der Waals surface area contributed by atoms with E-state index in [0.29, 0.717) is 5.56 Å². The molecule has 1 aromatic carbocycles. The molecule has 0 bridgehead atoms. The first-order chi connectivity index (χ1) is 7.09. The van der Waals surface area contributed by atoms with Crippen LogP contribution < -0.4 is 5.32 Å². The first-order valence-electron chi connectivity index (χ1n) is 4.48. The molecule has 0 heterocycles. The molecule has 0 radical (unpaired) electrons. The molecule has 0 aromatic heterocycles. The maximum Gasteiger partial charge on any atom is 0.228 e. The van der Waals surface area contributed by atoms with Crippen molar-refractivity contribution in [2.75, 3.05) is 0 Å². The van der Waals surface area contributed by atoms with Crippen LogP contribution in [0.15, 0.2) is 24.3 Å². The number of rotatable bonds is 1. The third-order valence-corrected chi connectivity index (χ3v) is 1.74. The van der Waals surface area contributed by atoms with Crippen LogP contribution in [0.3, 0.4) is 0 Å². The van der Waals surface area contributed by atoms with Crippen molar-refractivity contribution in [3.05, 3.63) is 35.4 Å². The van der Waals surface area contributed by atoms with Gasteiger partial charge in [0.25, 0.3) is 0 Å². The number of hydrogen-bond acceptors (Lipinski definition) is 2. The van der Waals surface area contributed by atoms with E-state index in [1.54, 1.807) is 24.3 Å². The minimum Gasteiger partial charge on any atom is -0.295 e. The molecule has 0 atom stereocenters. The van der Waals surface area contributed by atoms with Crippen molar-refractivity contribution >= 4 is 11.7 Å². The topological polar surface area (TPSA) is 46.2 Å². The lowest BCUT2D eigenvalue weighted by atomic mass is 10.1. The molecule has 1 N–H and O–H groups in total. The van der Waals surface area contributed by atoms with Crippen molar-refractivity contribution in [1.82, 2.24) is 5.32 Å². The van der Waals surface area contributed by atoms with Crippen LogP contribution >= 0.6 is 0 Å². The molecule has 0 aliphatic rings. The molecule has 15 heavy (non-hydrogen) atoms. The number of ketones is 1. The van der Waals surface area contributed by atoms with Crippen LogP contribution in [0, 0.1) is 12.0 Å². The second-order valence-corrected chi connectivity index (χ2v) is 3.06. The average molecular weight is 201 g/mol. The van der Waals surface area contributed by atoms with E-state index in [1.165, 1.54) is 13.8 Å². The van der Waals surface area contributed by atoms with Crippen LogP contribution in [-0.4, -0.2) is 11.7 Å². The van der Waals surface area contributed by atoms with Crippen molar-refractivity contribution in [3.8, 4) is 12.0 Å². The molecule has 1 rings (SSSR count). The Morgan fingerprint density at radius 1 is 1.13 bits per heavy atom. The van der Waals surface area contributed by atoms with Gasteiger partial charge in [-0.2, -0.15) is 0 Å². The predicted molar refractivity (Wildman–Crippen MR) is 57.1 cm³/mol. The van der Waals surface area contributed by atoms with Crippen LogP contribution in [-0.2, 0) is 4.79 Å².